The molecule has 0 spiro atoms. The van der Waals surface area contributed by atoms with Crippen LogP contribution in [-0.4, -0.2) is 32.3 Å². The maximum absolute atomic E-state index is 13.8. The predicted molar refractivity (Wildman–Crippen MR) is 81.5 cm³/mol. The van der Waals surface area contributed by atoms with Crippen LogP contribution < -0.4 is 0 Å². The molecule has 0 atom stereocenters. The van der Waals surface area contributed by atoms with Crippen LogP contribution in [0.1, 0.15) is 36.0 Å². The second kappa shape index (κ2) is 6.62. The second-order valence-corrected chi connectivity index (χ2v) is 8.24. The van der Waals surface area contributed by atoms with Crippen LogP contribution in [0.3, 0.4) is 0 Å². The highest BCUT2D eigenvalue weighted by molar-refractivity contribution is 9.10. The quantitative estimate of drug-likeness (QED) is 0.716. The first-order chi connectivity index (χ1) is 9.80. The Morgan fingerprint density at radius 2 is 1.76 bits per heavy atom. The van der Waals surface area contributed by atoms with Crippen molar-refractivity contribution in [3.63, 3.8) is 0 Å². The normalized spacial score (nSPS) is 16.6. The molecule has 1 saturated heterocycles. The van der Waals surface area contributed by atoms with Crippen molar-refractivity contribution in [2.45, 2.75) is 30.6 Å². The zero-order valence-corrected chi connectivity index (χ0v) is 14.3. The molecule has 1 aliphatic rings. The third-order valence-electron chi connectivity index (χ3n) is 3.40. The van der Waals surface area contributed by atoms with E-state index in [2.05, 4.69) is 15.9 Å². The number of hydrogen-bond acceptors (Lipinski definition) is 3. The molecule has 1 fully saturated rings. The maximum Gasteiger partial charge on any atom is 0.262 e. The van der Waals surface area contributed by atoms with Crippen LogP contribution in [0.4, 0.5) is 4.39 Å². The Balaban J connectivity index is 2.39. The van der Waals surface area contributed by atoms with E-state index in [9.17, 15) is 17.6 Å². The summed E-state index contributed by atoms with van der Waals surface area (Å²) in [5.41, 5.74) is -0.00294. The van der Waals surface area contributed by atoms with Crippen molar-refractivity contribution in [2.75, 3.05) is 13.1 Å². The smallest absolute Gasteiger partial charge is 0.262 e. The Labute approximate surface area is 135 Å². The molecule has 0 bridgehead atoms. The molecule has 0 unspecified atom stereocenters. The highest BCUT2D eigenvalue weighted by atomic mass is 79.9. The van der Waals surface area contributed by atoms with E-state index in [0.29, 0.717) is 13.1 Å². The molecule has 21 heavy (non-hydrogen) atoms. The summed E-state index contributed by atoms with van der Waals surface area (Å²) in [5, 5.41) is 0. The molecule has 4 nitrogen and oxygen atoms in total. The number of nitrogens with zero attached hydrogens (tertiary/aromatic N) is 1. The molecule has 1 aliphatic heterocycles. The first-order valence-electron chi connectivity index (χ1n) is 6.53. The molecule has 1 amide bonds. The summed E-state index contributed by atoms with van der Waals surface area (Å²) < 4.78 is 36.5. The predicted octanol–water partition coefficient (Wildman–Crippen LogP) is 3.53. The van der Waals surface area contributed by atoms with Crippen molar-refractivity contribution in [3.8, 4) is 0 Å². The largest absolute Gasteiger partial charge is 0.339 e. The highest BCUT2D eigenvalue weighted by Gasteiger charge is 2.24. The SMILES string of the molecule is O=C(c1cc(F)c(Br)c(S(=O)(=O)Cl)c1)N1CCCCCC1. The number of amides is 1. The second-order valence-electron chi connectivity index (χ2n) is 4.91. The van der Waals surface area contributed by atoms with Gasteiger partial charge in [0.1, 0.15) is 10.7 Å². The maximum atomic E-state index is 13.8. The number of carbonyl (C=O) groups excluding carboxylic acids is 1. The average Bonchev–Trinajstić information content (AvgIpc) is 2.68. The number of likely N-dealkylation sites (tertiary alicyclic amines) is 1. The van der Waals surface area contributed by atoms with Crippen LogP contribution in [0.15, 0.2) is 21.5 Å². The minimum atomic E-state index is -4.14. The van der Waals surface area contributed by atoms with Gasteiger partial charge in [-0.1, -0.05) is 12.8 Å². The Kier molecular flexibility index (Phi) is 5.27. The van der Waals surface area contributed by atoms with E-state index in [1.807, 2.05) is 0 Å². The van der Waals surface area contributed by atoms with Crippen LogP contribution >= 0.6 is 26.6 Å². The van der Waals surface area contributed by atoms with Gasteiger partial charge < -0.3 is 4.90 Å². The fourth-order valence-electron chi connectivity index (χ4n) is 2.32. The van der Waals surface area contributed by atoms with Gasteiger partial charge in [0, 0.05) is 29.3 Å². The van der Waals surface area contributed by atoms with Gasteiger partial charge in [0.2, 0.25) is 0 Å². The number of carbonyl (C=O) groups is 1. The van der Waals surface area contributed by atoms with E-state index in [1.165, 1.54) is 0 Å². The number of benzene rings is 1. The van der Waals surface area contributed by atoms with E-state index in [-0.39, 0.29) is 15.9 Å². The summed E-state index contributed by atoms with van der Waals surface area (Å²) in [6.07, 6.45) is 3.90. The van der Waals surface area contributed by atoms with Gasteiger partial charge in [-0.05, 0) is 40.9 Å². The third kappa shape index (κ3) is 3.96. The van der Waals surface area contributed by atoms with E-state index >= 15 is 0 Å². The van der Waals surface area contributed by atoms with E-state index in [1.54, 1.807) is 4.90 Å². The lowest BCUT2D eigenvalue weighted by molar-refractivity contribution is 0.0761. The molecular formula is C13H14BrClFNO3S. The molecule has 116 valence electrons. The van der Waals surface area contributed by atoms with Gasteiger partial charge in [-0.15, -0.1) is 0 Å². The van der Waals surface area contributed by atoms with E-state index in [4.69, 9.17) is 10.7 Å². The van der Waals surface area contributed by atoms with Gasteiger partial charge in [0.25, 0.3) is 15.0 Å². The zero-order chi connectivity index (χ0) is 15.6. The number of rotatable bonds is 2. The monoisotopic (exact) mass is 397 g/mol. The lowest BCUT2D eigenvalue weighted by Crippen LogP contribution is -2.32. The van der Waals surface area contributed by atoms with Crippen LogP contribution in [0.2, 0.25) is 0 Å². The summed E-state index contributed by atoms with van der Waals surface area (Å²) in [7, 11) is 1.14. The van der Waals surface area contributed by atoms with Gasteiger partial charge in [0.15, 0.2) is 0 Å². The lowest BCUT2D eigenvalue weighted by atomic mass is 10.2. The lowest BCUT2D eigenvalue weighted by Gasteiger charge is -2.20. The Morgan fingerprint density at radius 3 is 2.29 bits per heavy atom. The molecule has 0 aromatic heterocycles. The van der Waals surface area contributed by atoms with Crippen molar-refractivity contribution >= 4 is 41.6 Å². The van der Waals surface area contributed by atoms with Crippen LogP contribution in [0.25, 0.3) is 0 Å². The first kappa shape index (κ1) is 16.7. The summed E-state index contributed by atoms with van der Waals surface area (Å²) in [5.74, 6) is -1.19. The molecule has 0 N–H and O–H groups in total. The van der Waals surface area contributed by atoms with Crippen molar-refractivity contribution in [1.29, 1.82) is 0 Å². The molecule has 0 radical (unpaired) electrons. The summed E-state index contributed by atoms with van der Waals surface area (Å²) in [6.45, 7) is 1.19. The molecule has 0 saturated carbocycles. The topological polar surface area (TPSA) is 54.5 Å². The van der Waals surface area contributed by atoms with Crippen LogP contribution in [0, 0.1) is 5.82 Å². The van der Waals surface area contributed by atoms with Gasteiger partial charge in [-0.25, -0.2) is 12.8 Å². The fourth-order valence-corrected chi connectivity index (χ4v) is 4.41. The van der Waals surface area contributed by atoms with Crippen molar-refractivity contribution in [3.05, 3.63) is 28.0 Å². The van der Waals surface area contributed by atoms with Crippen LogP contribution in [-0.2, 0) is 9.05 Å². The molecule has 1 aromatic carbocycles. The fraction of sp³-hybridized carbons (Fsp3) is 0.462. The summed E-state index contributed by atoms with van der Waals surface area (Å²) in [6, 6.07) is 2.14. The number of hydrogen-bond donors (Lipinski definition) is 0. The summed E-state index contributed by atoms with van der Waals surface area (Å²) >= 11 is 2.84. The Morgan fingerprint density at radius 1 is 1.19 bits per heavy atom. The standard InChI is InChI=1S/C13H14BrClFNO3S/c14-12-10(16)7-9(8-11(12)21(15,19)20)13(18)17-5-3-1-2-4-6-17/h7-8H,1-6H2. The van der Waals surface area contributed by atoms with Crippen molar-refractivity contribution in [2.24, 2.45) is 0 Å². The molecular weight excluding hydrogens is 385 g/mol. The van der Waals surface area contributed by atoms with Crippen molar-refractivity contribution < 1.29 is 17.6 Å². The number of halogens is 3. The van der Waals surface area contributed by atoms with Crippen molar-refractivity contribution in [1.82, 2.24) is 4.90 Å². The van der Waals surface area contributed by atoms with Gasteiger partial charge in [-0.3, -0.25) is 4.79 Å². The Bertz CT molecular complexity index is 658. The Hall–Kier alpha value is -0.660. The van der Waals surface area contributed by atoms with Gasteiger partial charge in [0.05, 0.1) is 4.47 Å². The molecule has 8 heteroatoms. The molecule has 2 rings (SSSR count). The van der Waals surface area contributed by atoms with Gasteiger partial charge in [-0.2, -0.15) is 0 Å². The third-order valence-corrected chi connectivity index (χ3v) is 5.81. The van der Waals surface area contributed by atoms with E-state index < -0.39 is 19.8 Å². The first-order valence-corrected chi connectivity index (χ1v) is 9.64. The summed E-state index contributed by atoms with van der Waals surface area (Å²) in [4.78, 5) is 13.6. The minimum absolute atomic E-state index is 0.00294. The molecule has 1 heterocycles. The highest BCUT2D eigenvalue weighted by Crippen LogP contribution is 2.29. The molecule has 0 aliphatic carbocycles. The zero-order valence-electron chi connectivity index (χ0n) is 11.1. The molecule has 1 aromatic rings. The van der Waals surface area contributed by atoms with Gasteiger partial charge >= 0.3 is 0 Å². The van der Waals surface area contributed by atoms with Crippen LogP contribution in [0.5, 0.6) is 0 Å². The minimum Gasteiger partial charge on any atom is -0.339 e. The van der Waals surface area contributed by atoms with E-state index in [0.717, 1.165) is 37.8 Å². The average molecular weight is 399 g/mol.